The Morgan fingerprint density at radius 2 is 1.05 bits per heavy atom. The van der Waals surface area contributed by atoms with Crippen molar-refractivity contribution >= 4 is 40.8 Å². The van der Waals surface area contributed by atoms with Crippen LogP contribution in [0.2, 0.25) is 0 Å². The molecule has 0 fully saturated rings. The van der Waals surface area contributed by atoms with Gasteiger partial charge in [-0.3, -0.25) is 14.5 Å². The molecule has 19 nitrogen and oxygen atoms in total. The van der Waals surface area contributed by atoms with Crippen molar-refractivity contribution in [3.63, 3.8) is 0 Å². The summed E-state index contributed by atoms with van der Waals surface area (Å²) in [5, 5.41) is 1.94. The molecule has 1 aromatic heterocycles. The van der Waals surface area contributed by atoms with Gasteiger partial charge < -0.3 is 72.2 Å². The monoisotopic (exact) mass is 1100 g/mol. The maximum Gasteiger partial charge on any atom is 0.313 e. The van der Waals surface area contributed by atoms with E-state index in [1.807, 2.05) is 48.5 Å². The maximum absolute atomic E-state index is 13.9. The zero-order chi connectivity index (χ0) is 54.8. The summed E-state index contributed by atoms with van der Waals surface area (Å²) in [4.78, 5) is 35.0. The maximum atomic E-state index is 13.9. The van der Waals surface area contributed by atoms with Gasteiger partial charge in [0, 0.05) is 55.4 Å². The molecule has 0 bridgehead atoms. The number of esters is 1. The smallest absolute Gasteiger partial charge is 0.313 e. The zero-order valence-electron chi connectivity index (χ0n) is 44.0. The van der Waals surface area contributed by atoms with E-state index in [1.165, 1.54) is 11.3 Å². The van der Waals surface area contributed by atoms with E-state index in [9.17, 15) is 27.2 Å². The number of fused-ring (bicyclic) bond motifs is 1. The van der Waals surface area contributed by atoms with Crippen LogP contribution in [0.25, 0.3) is 6.08 Å². The van der Waals surface area contributed by atoms with E-state index in [0.29, 0.717) is 161 Å². The third-order valence-corrected chi connectivity index (χ3v) is 11.7. The molecule has 4 rings (SSSR count). The number of thiophene rings is 1. The van der Waals surface area contributed by atoms with E-state index < -0.39 is 41.4 Å². The standard InChI is InChI=1S/C52H74F4N4O15S/c1-5-8-60(52(62)38-33-46-43(7-30-76-46)58-47(57)34-38)37-40-32-44(63-3)39(31-45(40)64-4)36-59(2)9-11-66-13-15-68-17-19-70-21-23-72-25-27-74-29-28-73-26-24-71-22-20-69-18-16-67-14-12-65-10-6-48(61)75-51-49(55)41(53)35-42(54)50(51)56/h7,30-33,35H,5-6,8-29,34,36-37H2,1-4H3,(H2,57,58). The number of amides is 1. The van der Waals surface area contributed by atoms with Crippen LogP contribution in [0.4, 0.5) is 23.2 Å². The van der Waals surface area contributed by atoms with E-state index in [0.717, 1.165) is 28.1 Å². The summed E-state index contributed by atoms with van der Waals surface area (Å²) in [7, 11) is 5.29. The Kier molecular flexibility index (Phi) is 31.7. The van der Waals surface area contributed by atoms with Gasteiger partial charge in [0.05, 0.1) is 163 Å². The number of carbonyl (C=O) groups is 2. The second-order valence-electron chi connectivity index (χ2n) is 16.7. The summed E-state index contributed by atoms with van der Waals surface area (Å²) < 4.78 is 125. The molecule has 24 heteroatoms. The fourth-order valence-electron chi connectivity index (χ4n) is 7.09. The highest BCUT2D eigenvalue weighted by molar-refractivity contribution is 7.11. The molecule has 3 aromatic rings. The first-order valence-electron chi connectivity index (χ1n) is 25.1. The number of benzene rings is 2. The van der Waals surface area contributed by atoms with Gasteiger partial charge in [-0.15, -0.1) is 11.3 Å². The zero-order valence-corrected chi connectivity index (χ0v) is 44.8. The second kappa shape index (κ2) is 37.9. The van der Waals surface area contributed by atoms with Crippen LogP contribution in [-0.2, 0) is 70.0 Å². The molecule has 76 heavy (non-hydrogen) atoms. The number of amidine groups is 1. The van der Waals surface area contributed by atoms with Gasteiger partial charge in [-0.25, -0.2) is 13.8 Å². The third-order valence-electron chi connectivity index (χ3n) is 10.9. The van der Waals surface area contributed by atoms with Gasteiger partial charge in [-0.2, -0.15) is 8.78 Å². The first-order valence-corrected chi connectivity index (χ1v) is 26.0. The quantitative estimate of drug-likeness (QED) is 0.0223. The molecular weight excluding hydrogens is 1030 g/mol. The molecule has 0 aliphatic carbocycles. The number of ether oxygens (including phenoxy) is 13. The second-order valence-corrected chi connectivity index (χ2v) is 17.7. The molecule has 2 N–H and O–H groups in total. The van der Waals surface area contributed by atoms with Crippen LogP contribution in [0.3, 0.4) is 0 Å². The molecule has 0 unspecified atom stereocenters. The summed E-state index contributed by atoms with van der Waals surface area (Å²) in [5.74, 6) is -7.80. The number of methoxy groups -OCH3 is 2. The fraction of sp³-hybridized carbons (Fsp3) is 0.596. The van der Waals surface area contributed by atoms with Crippen molar-refractivity contribution in [2.24, 2.45) is 10.7 Å². The van der Waals surface area contributed by atoms with Crippen molar-refractivity contribution in [1.29, 1.82) is 0 Å². The Balaban J connectivity index is 0.884. The Morgan fingerprint density at radius 1 is 0.618 bits per heavy atom. The van der Waals surface area contributed by atoms with Gasteiger partial charge in [0.2, 0.25) is 17.4 Å². The molecule has 2 heterocycles. The predicted molar refractivity (Wildman–Crippen MR) is 274 cm³/mol. The minimum absolute atomic E-state index is 0.0170. The van der Waals surface area contributed by atoms with E-state index in [4.69, 9.17) is 62.6 Å². The number of nitrogens with zero attached hydrogens (tertiary/aromatic N) is 3. The highest BCUT2D eigenvalue weighted by Crippen LogP contribution is 2.34. The number of rotatable bonds is 43. The molecule has 1 aliphatic heterocycles. The Hall–Kier alpha value is -4.83. The lowest BCUT2D eigenvalue weighted by atomic mass is 10.1. The molecule has 0 atom stereocenters. The Labute approximate surface area is 446 Å². The van der Waals surface area contributed by atoms with E-state index in [2.05, 4.69) is 14.6 Å². The normalized spacial score (nSPS) is 12.4. The molecule has 1 amide bonds. The van der Waals surface area contributed by atoms with Crippen molar-refractivity contribution in [2.75, 3.05) is 166 Å². The SMILES string of the molecule is CCCN(Cc1cc(OC)c(CN(C)CCOCCOCCOCCOCCOCCOCCOCCOCCOCCOCCC(=O)Oc2c(F)c(F)cc(F)c2F)cc1OC)C(=O)C1=Cc2sccc2N=C(N)C1. The van der Waals surface area contributed by atoms with Crippen molar-refractivity contribution in [3.8, 4) is 17.2 Å². The highest BCUT2D eigenvalue weighted by atomic mass is 32.1. The van der Waals surface area contributed by atoms with Crippen LogP contribution >= 0.6 is 11.3 Å². The molecule has 0 saturated heterocycles. The summed E-state index contributed by atoms with van der Waals surface area (Å²) in [5.41, 5.74) is 9.38. The van der Waals surface area contributed by atoms with Crippen LogP contribution in [0.15, 0.2) is 40.2 Å². The minimum atomic E-state index is -1.80. The minimum Gasteiger partial charge on any atom is -0.496 e. The first-order chi connectivity index (χ1) is 36.9. The van der Waals surface area contributed by atoms with E-state index >= 15 is 0 Å². The summed E-state index contributed by atoms with van der Waals surface area (Å²) >= 11 is 1.53. The number of halogens is 4. The third kappa shape index (κ3) is 24.2. The number of likely N-dealkylation sites (N-methyl/N-ethyl adjacent to an activating group) is 1. The topological polar surface area (TPSA) is 199 Å². The lowest BCUT2D eigenvalue weighted by Crippen LogP contribution is -2.33. The van der Waals surface area contributed by atoms with Crippen molar-refractivity contribution in [1.82, 2.24) is 9.80 Å². The van der Waals surface area contributed by atoms with Crippen LogP contribution < -0.4 is 19.9 Å². The highest BCUT2D eigenvalue weighted by Gasteiger charge is 2.25. The summed E-state index contributed by atoms with van der Waals surface area (Å²) in [6.07, 6.45) is 2.57. The number of aliphatic imine (C=N–C) groups is 1. The summed E-state index contributed by atoms with van der Waals surface area (Å²) in [6, 6.07) is 5.85. The average molecular weight is 1100 g/mol. The van der Waals surface area contributed by atoms with E-state index in [1.54, 1.807) is 14.2 Å². The fourth-order valence-corrected chi connectivity index (χ4v) is 7.87. The molecule has 1 aliphatic rings. The van der Waals surface area contributed by atoms with Crippen LogP contribution in [0.5, 0.6) is 17.2 Å². The van der Waals surface area contributed by atoms with Gasteiger partial charge in [-0.05, 0) is 43.1 Å². The molecule has 0 spiro atoms. The van der Waals surface area contributed by atoms with Gasteiger partial charge in [0.25, 0.3) is 5.91 Å². The van der Waals surface area contributed by atoms with Crippen LogP contribution in [0, 0.1) is 23.3 Å². The van der Waals surface area contributed by atoms with Crippen LogP contribution in [0.1, 0.15) is 42.2 Å². The molecule has 0 saturated carbocycles. The molecule has 426 valence electrons. The number of hydrogen-bond donors (Lipinski definition) is 1. The largest absolute Gasteiger partial charge is 0.496 e. The number of carbonyl (C=O) groups excluding carboxylic acids is 2. The summed E-state index contributed by atoms with van der Waals surface area (Å²) in [6.45, 7) is 11.5. The lowest BCUT2D eigenvalue weighted by Gasteiger charge is -2.26. The Morgan fingerprint density at radius 3 is 1.50 bits per heavy atom. The molecular formula is C52H74F4N4O15S. The van der Waals surface area contributed by atoms with Crippen molar-refractivity contribution in [3.05, 3.63) is 74.5 Å². The van der Waals surface area contributed by atoms with Crippen LogP contribution in [-0.4, -0.2) is 194 Å². The average Bonchev–Trinajstić information content (AvgIpc) is 3.77. The number of hydrogen-bond acceptors (Lipinski definition) is 19. The lowest BCUT2D eigenvalue weighted by molar-refractivity contribution is -0.136. The predicted octanol–water partition coefficient (Wildman–Crippen LogP) is 6.13. The van der Waals surface area contributed by atoms with Crippen molar-refractivity contribution in [2.45, 2.75) is 39.3 Å². The van der Waals surface area contributed by atoms with Gasteiger partial charge in [-0.1, -0.05) is 6.92 Å². The van der Waals surface area contributed by atoms with Gasteiger partial charge in [0.1, 0.15) is 17.3 Å². The Bertz CT molecular complexity index is 2200. The van der Waals surface area contributed by atoms with E-state index in [-0.39, 0.29) is 38.2 Å². The number of nitrogens with two attached hydrogens (primary N) is 1. The molecule has 2 aromatic carbocycles. The molecule has 0 radical (unpaired) electrons. The van der Waals surface area contributed by atoms with Gasteiger partial charge in [0.15, 0.2) is 11.6 Å². The van der Waals surface area contributed by atoms with Gasteiger partial charge >= 0.3 is 5.97 Å². The van der Waals surface area contributed by atoms with Crippen molar-refractivity contribution < 1.29 is 88.7 Å². The first kappa shape index (κ1) is 63.7.